The van der Waals surface area contributed by atoms with Crippen LogP contribution in [-0.2, 0) is 6.42 Å². The van der Waals surface area contributed by atoms with E-state index in [-0.39, 0.29) is 0 Å². The second kappa shape index (κ2) is 6.27. The Morgan fingerprint density at radius 3 is 2.40 bits per heavy atom. The Kier molecular flexibility index (Phi) is 4.44. The molecule has 0 amide bonds. The molecule has 20 heavy (non-hydrogen) atoms. The first-order chi connectivity index (χ1) is 9.63. The quantitative estimate of drug-likeness (QED) is 0.922. The van der Waals surface area contributed by atoms with Crippen LogP contribution in [0.15, 0.2) is 52.3 Å². The highest BCUT2D eigenvalue weighted by Gasteiger charge is 2.09. The molecular weight excluding hydrogens is 270 g/mol. The van der Waals surface area contributed by atoms with Gasteiger partial charge in [-0.15, -0.1) is 0 Å². The first kappa shape index (κ1) is 14.2. The van der Waals surface area contributed by atoms with Gasteiger partial charge in [0, 0.05) is 9.79 Å². The first-order valence-corrected chi connectivity index (χ1v) is 7.00. The summed E-state index contributed by atoms with van der Waals surface area (Å²) in [5.74, 6) is -0.892. The van der Waals surface area contributed by atoms with Crippen LogP contribution in [0, 0.1) is 11.3 Å². The molecule has 2 aromatic rings. The number of carboxylic acid groups (broad SMARTS) is 1. The van der Waals surface area contributed by atoms with Crippen LogP contribution in [0.1, 0.15) is 28.4 Å². The molecule has 0 heterocycles. The van der Waals surface area contributed by atoms with Crippen molar-refractivity contribution < 1.29 is 9.90 Å². The fourth-order valence-electron chi connectivity index (χ4n) is 1.87. The number of aryl methyl sites for hydroxylation is 1. The van der Waals surface area contributed by atoms with Gasteiger partial charge < -0.3 is 5.11 Å². The van der Waals surface area contributed by atoms with Crippen LogP contribution in [0.4, 0.5) is 0 Å². The Hall–Kier alpha value is -2.25. The van der Waals surface area contributed by atoms with E-state index in [0.29, 0.717) is 17.5 Å². The minimum atomic E-state index is -0.892. The van der Waals surface area contributed by atoms with Crippen molar-refractivity contribution in [3.8, 4) is 6.07 Å². The molecule has 3 nitrogen and oxygen atoms in total. The zero-order valence-electron chi connectivity index (χ0n) is 11.0. The monoisotopic (exact) mass is 283 g/mol. The standard InChI is InChI=1S/C16H13NO2S/c1-2-12-9-14(7-8-15(12)16(18)19)20-13-5-3-11(10-17)4-6-13/h3-9H,2H2,1H3,(H,18,19). The second-order valence-corrected chi connectivity index (χ2v) is 5.36. The van der Waals surface area contributed by atoms with E-state index in [0.717, 1.165) is 15.4 Å². The summed E-state index contributed by atoms with van der Waals surface area (Å²) >= 11 is 1.55. The Bertz CT molecular complexity index is 672. The Balaban J connectivity index is 2.25. The van der Waals surface area contributed by atoms with Gasteiger partial charge in [0.05, 0.1) is 17.2 Å². The molecule has 0 bridgehead atoms. The van der Waals surface area contributed by atoms with E-state index < -0.39 is 5.97 Å². The van der Waals surface area contributed by atoms with Gasteiger partial charge in [0.25, 0.3) is 0 Å². The van der Waals surface area contributed by atoms with Gasteiger partial charge in [-0.25, -0.2) is 4.79 Å². The minimum absolute atomic E-state index is 0.358. The Morgan fingerprint density at radius 2 is 1.85 bits per heavy atom. The van der Waals surface area contributed by atoms with Crippen molar-refractivity contribution in [2.24, 2.45) is 0 Å². The Morgan fingerprint density at radius 1 is 1.20 bits per heavy atom. The maximum absolute atomic E-state index is 11.1. The average molecular weight is 283 g/mol. The first-order valence-electron chi connectivity index (χ1n) is 6.18. The van der Waals surface area contributed by atoms with Gasteiger partial charge in [-0.1, -0.05) is 18.7 Å². The van der Waals surface area contributed by atoms with Crippen molar-refractivity contribution in [1.29, 1.82) is 5.26 Å². The number of aromatic carboxylic acids is 1. The highest BCUT2D eigenvalue weighted by molar-refractivity contribution is 7.99. The largest absolute Gasteiger partial charge is 0.478 e. The van der Waals surface area contributed by atoms with Gasteiger partial charge in [0.2, 0.25) is 0 Å². The third-order valence-electron chi connectivity index (χ3n) is 2.91. The average Bonchev–Trinajstić information content (AvgIpc) is 2.47. The van der Waals surface area contributed by atoms with Crippen LogP contribution in [0.3, 0.4) is 0 Å². The summed E-state index contributed by atoms with van der Waals surface area (Å²) in [6.07, 6.45) is 0.684. The van der Waals surface area contributed by atoms with Gasteiger partial charge in [0.15, 0.2) is 0 Å². The lowest BCUT2D eigenvalue weighted by atomic mass is 10.1. The molecule has 100 valence electrons. The predicted octanol–water partition coefficient (Wildman–Crippen LogP) is 3.97. The lowest BCUT2D eigenvalue weighted by Crippen LogP contribution is -2.01. The maximum atomic E-state index is 11.1. The number of hydrogen-bond donors (Lipinski definition) is 1. The second-order valence-electron chi connectivity index (χ2n) is 4.22. The smallest absolute Gasteiger partial charge is 0.335 e. The molecule has 4 heteroatoms. The van der Waals surface area contributed by atoms with E-state index >= 15 is 0 Å². The van der Waals surface area contributed by atoms with Crippen LogP contribution >= 0.6 is 11.8 Å². The molecule has 0 aliphatic heterocycles. The van der Waals surface area contributed by atoms with E-state index in [4.69, 9.17) is 10.4 Å². The molecule has 2 rings (SSSR count). The highest BCUT2D eigenvalue weighted by Crippen LogP contribution is 2.29. The SMILES string of the molecule is CCc1cc(Sc2ccc(C#N)cc2)ccc1C(=O)O. The summed E-state index contributed by atoms with van der Waals surface area (Å²) in [7, 11) is 0. The molecule has 0 aromatic heterocycles. The molecule has 0 spiro atoms. The van der Waals surface area contributed by atoms with Crippen molar-refractivity contribution in [3.05, 3.63) is 59.2 Å². The molecule has 0 fully saturated rings. The van der Waals surface area contributed by atoms with E-state index in [1.165, 1.54) is 0 Å². The van der Waals surface area contributed by atoms with E-state index in [1.54, 1.807) is 30.0 Å². The summed E-state index contributed by atoms with van der Waals surface area (Å²) in [4.78, 5) is 13.1. The predicted molar refractivity (Wildman–Crippen MR) is 78.1 cm³/mol. The number of carbonyl (C=O) groups is 1. The zero-order chi connectivity index (χ0) is 14.5. The molecule has 0 saturated heterocycles. The van der Waals surface area contributed by atoms with Crippen molar-refractivity contribution in [3.63, 3.8) is 0 Å². The lowest BCUT2D eigenvalue weighted by Gasteiger charge is -2.07. The summed E-state index contributed by atoms with van der Waals surface area (Å²) in [5, 5.41) is 17.9. The normalized spacial score (nSPS) is 10.0. The van der Waals surface area contributed by atoms with Crippen LogP contribution in [-0.4, -0.2) is 11.1 Å². The maximum Gasteiger partial charge on any atom is 0.335 e. The Labute approximate surface area is 121 Å². The number of rotatable bonds is 4. The van der Waals surface area contributed by atoms with Crippen LogP contribution in [0.5, 0.6) is 0 Å². The molecular formula is C16H13NO2S. The van der Waals surface area contributed by atoms with E-state index in [9.17, 15) is 4.79 Å². The van der Waals surface area contributed by atoms with Gasteiger partial charge >= 0.3 is 5.97 Å². The molecule has 0 aliphatic rings. The number of hydrogen-bond acceptors (Lipinski definition) is 3. The van der Waals surface area contributed by atoms with Gasteiger partial charge in [0.1, 0.15) is 0 Å². The molecule has 0 radical (unpaired) electrons. The zero-order valence-corrected chi connectivity index (χ0v) is 11.8. The number of benzene rings is 2. The molecule has 1 N–H and O–H groups in total. The van der Waals surface area contributed by atoms with Crippen LogP contribution < -0.4 is 0 Å². The third kappa shape index (κ3) is 3.19. The fourth-order valence-corrected chi connectivity index (χ4v) is 2.75. The van der Waals surface area contributed by atoms with Crippen molar-refractivity contribution >= 4 is 17.7 Å². The number of carboxylic acids is 1. The summed E-state index contributed by atoms with van der Waals surface area (Å²) in [6, 6.07) is 14.8. The summed E-state index contributed by atoms with van der Waals surface area (Å²) in [5.41, 5.74) is 1.82. The van der Waals surface area contributed by atoms with E-state index in [2.05, 4.69) is 6.07 Å². The molecule has 2 aromatic carbocycles. The van der Waals surface area contributed by atoms with Crippen LogP contribution in [0.2, 0.25) is 0 Å². The van der Waals surface area contributed by atoms with Crippen LogP contribution in [0.25, 0.3) is 0 Å². The molecule has 0 unspecified atom stereocenters. The van der Waals surface area contributed by atoms with Gasteiger partial charge in [-0.2, -0.15) is 5.26 Å². The molecule has 0 saturated carbocycles. The highest BCUT2D eigenvalue weighted by atomic mass is 32.2. The third-order valence-corrected chi connectivity index (χ3v) is 3.90. The fraction of sp³-hybridized carbons (Fsp3) is 0.125. The number of nitriles is 1. The summed E-state index contributed by atoms with van der Waals surface area (Å²) in [6.45, 7) is 1.94. The van der Waals surface area contributed by atoms with Gasteiger partial charge in [-0.3, -0.25) is 0 Å². The molecule has 0 aliphatic carbocycles. The van der Waals surface area contributed by atoms with Gasteiger partial charge in [-0.05, 0) is 54.4 Å². The van der Waals surface area contributed by atoms with Crippen molar-refractivity contribution in [1.82, 2.24) is 0 Å². The summed E-state index contributed by atoms with van der Waals surface area (Å²) < 4.78 is 0. The molecule has 0 atom stereocenters. The number of nitrogens with zero attached hydrogens (tertiary/aromatic N) is 1. The topological polar surface area (TPSA) is 61.1 Å². The van der Waals surface area contributed by atoms with E-state index in [1.807, 2.05) is 31.2 Å². The van der Waals surface area contributed by atoms with Crippen molar-refractivity contribution in [2.45, 2.75) is 23.1 Å². The minimum Gasteiger partial charge on any atom is -0.478 e. The lowest BCUT2D eigenvalue weighted by molar-refractivity contribution is 0.0695. The van der Waals surface area contributed by atoms with Crippen molar-refractivity contribution in [2.75, 3.05) is 0 Å².